The van der Waals surface area contributed by atoms with Gasteiger partial charge >= 0.3 is 0 Å². The van der Waals surface area contributed by atoms with Crippen LogP contribution in [0.25, 0.3) is 0 Å². The zero-order valence-electron chi connectivity index (χ0n) is 16.9. The number of aryl methyl sites for hydroxylation is 1. The second-order valence-electron chi connectivity index (χ2n) is 6.90. The molecule has 2 heterocycles. The van der Waals surface area contributed by atoms with Crippen LogP contribution in [0.5, 0.6) is 0 Å². The number of carbonyl (C=O) groups excluding carboxylic acids is 1. The normalized spacial score (nSPS) is 11.8. The summed E-state index contributed by atoms with van der Waals surface area (Å²) in [6.45, 7) is 3.57. The third kappa shape index (κ3) is 4.92. The first kappa shape index (κ1) is 22.1. The first-order chi connectivity index (χ1) is 14.2. The zero-order valence-corrected chi connectivity index (χ0v) is 18.5. The number of nitrogens with one attached hydrogen (secondary N) is 1. The molecule has 0 saturated carbocycles. The van der Waals surface area contributed by atoms with Crippen molar-refractivity contribution in [3.8, 4) is 0 Å². The number of aromatic nitrogens is 2. The molecule has 1 N–H and O–H groups in total. The summed E-state index contributed by atoms with van der Waals surface area (Å²) in [5.74, 6) is 0.248. The minimum Gasteiger partial charge on any atom is -0.468 e. The lowest BCUT2D eigenvalue weighted by Crippen LogP contribution is -2.29. The lowest BCUT2D eigenvalue weighted by Gasteiger charge is -2.16. The molecule has 0 bridgehead atoms. The molecule has 10 heteroatoms. The van der Waals surface area contributed by atoms with Gasteiger partial charge in [0, 0.05) is 18.6 Å². The van der Waals surface area contributed by atoms with Gasteiger partial charge in [-0.05, 0) is 43.7 Å². The van der Waals surface area contributed by atoms with Crippen molar-refractivity contribution in [1.82, 2.24) is 19.4 Å². The summed E-state index contributed by atoms with van der Waals surface area (Å²) in [7, 11) is -2.33. The highest BCUT2D eigenvalue weighted by atomic mass is 35.5. The van der Waals surface area contributed by atoms with Crippen LogP contribution in [0.15, 0.2) is 52.0 Å². The van der Waals surface area contributed by atoms with E-state index in [9.17, 15) is 13.2 Å². The molecule has 0 saturated heterocycles. The third-order valence-corrected chi connectivity index (χ3v) is 6.91. The van der Waals surface area contributed by atoms with E-state index in [1.807, 2.05) is 6.07 Å². The number of nitrogens with zero attached hydrogens (tertiary/aromatic N) is 3. The highest BCUT2D eigenvalue weighted by molar-refractivity contribution is 7.89. The SMILES string of the molecule is Cc1nn(CC(=O)NCc2cccc(Cl)c2)c(C)c1S(=O)(=O)N(C)Cc1ccco1. The van der Waals surface area contributed by atoms with Crippen LogP contribution < -0.4 is 5.32 Å². The summed E-state index contributed by atoms with van der Waals surface area (Å²) in [6, 6.07) is 10.6. The summed E-state index contributed by atoms with van der Waals surface area (Å²) in [5.41, 5.74) is 1.60. The van der Waals surface area contributed by atoms with E-state index in [0.717, 1.165) is 5.56 Å². The van der Waals surface area contributed by atoms with Crippen LogP contribution in [0.3, 0.4) is 0 Å². The van der Waals surface area contributed by atoms with Crippen molar-refractivity contribution >= 4 is 27.5 Å². The van der Waals surface area contributed by atoms with Gasteiger partial charge in [0.2, 0.25) is 15.9 Å². The molecule has 0 aliphatic rings. The predicted octanol–water partition coefficient (Wildman–Crippen LogP) is 2.88. The van der Waals surface area contributed by atoms with E-state index in [0.29, 0.717) is 28.7 Å². The summed E-state index contributed by atoms with van der Waals surface area (Å²) in [4.78, 5) is 12.5. The van der Waals surface area contributed by atoms with Crippen LogP contribution in [0.2, 0.25) is 5.02 Å². The molecular weight excluding hydrogens is 428 g/mol. The van der Waals surface area contributed by atoms with Crippen molar-refractivity contribution in [3.05, 3.63) is 70.4 Å². The van der Waals surface area contributed by atoms with Crippen molar-refractivity contribution in [2.45, 2.75) is 38.4 Å². The van der Waals surface area contributed by atoms with Gasteiger partial charge in [0.1, 0.15) is 17.2 Å². The maximum Gasteiger partial charge on any atom is 0.246 e. The Morgan fingerprint density at radius 1 is 1.27 bits per heavy atom. The minimum atomic E-state index is -3.81. The van der Waals surface area contributed by atoms with Gasteiger partial charge in [-0.2, -0.15) is 9.40 Å². The quantitative estimate of drug-likeness (QED) is 0.569. The molecule has 3 aromatic rings. The first-order valence-electron chi connectivity index (χ1n) is 9.22. The van der Waals surface area contributed by atoms with Crippen LogP contribution in [-0.4, -0.2) is 35.5 Å². The highest BCUT2D eigenvalue weighted by Gasteiger charge is 2.29. The number of hydrogen-bond acceptors (Lipinski definition) is 5. The molecule has 1 amide bonds. The maximum atomic E-state index is 13.1. The number of rotatable bonds is 8. The summed E-state index contributed by atoms with van der Waals surface area (Å²) < 4.78 is 34.0. The van der Waals surface area contributed by atoms with Gasteiger partial charge in [0.25, 0.3) is 0 Å². The molecule has 3 rings (SSSR count). The summed E-state index contributed by atoms with van der Waals surface area (Å²) in [6.07, 6.45) is 1.49. The van der Waals surface area contributed by atoms with E-state index >= 15 is 0 Å². The van der Waals surface area contributed by atoms with Crippen LogP contribution in [0.4, 0.5) is 0 Å². The van der Waals surface area contributed by atoms with Crippen molar-refractivity contribution in [2.75, 3.05) is 7.05 Å². The molecule has 0 fully saturated rings. The monoisotopic (exact) mass is 450 g/mol. The van der Waals surface area contributed by atoms with Gasteiger partial charge in [-0.15, -0.1) is 0 Å². The smallest absolute Gasteiger partial charge is 0.246 e. The number of furan rings is 1. The molecule has 0 radical (unpaired) electrons. The standard InChI is InChI=1S/C20H23ClN4O4S/c1-14-20(30(27,28)24(3)12-18-8-5-9-29-18)15(2)25(23-14)13-19(26)22-11-16-6-4-7-17(21)10-16/h4-10H,11-13H2,1-3H3,(H,22,26). The summed E-state index contributed by atoms with van der Waals surface area (Å²) >= 11 is 5.95. The average molecular weight is 451 g/mol. The molecule has 0 aliphatic carbocycles. The second-order valence-corrected chi connectivity index (χ2v) is 9.32. The Bertz CT molecular complexity index is 1140. The number of amides is 1. The van der Waals surface area contributed by atoms with Gasteiger partial charge < -0.3 is 9.73 Å². The molecule has 0 atom stereocenters. The van der Waals surface area contributed by atoms with Crippen LogP contribution in [0, 0.1) is 13.8 Å². The Balaban J connectivity index is 1.72. The number of halogens is 1. The molecule has 0 aliphatic heterocycles. The predicted molar refractivity (Wildman–Crippen MR) is 112 cm³/mol. The van der Waals surface area contributed by atoms with E-state index < -0.39 is 10.0 Å². The molecule has 160 valence electrons. The van der Waals surface area contributed by atoms with Gasteiger partial charge in [0.05, 0.1) is 24.2 Å². The molecule has 0 spiro atoms. The summed E-state index contributed by atoms with van der Waals surface area (Å²) in [5, 5.41) is 7.65. The lowest BCUT2D eigenvalue weighted by molar-refractivity contribution is -0.122. The van der Waals surface area contributed by atoms with Gasteiger partial charge in [0.15, 0.2) is 0 Å². The molecule has 30 heavy (non-hydrogen) atoms. The Kier molecular flexibility index (Phi) is 6.64. The van der Waals surface area contributed by atoms with Gasteiger partial charge in [-0.1, -0.05) is 23.7 Å². The van der Waals surface area contributed by atoms with Crippen LogP contribution in [0.1, 0.15) is 22.7 Å². The van der Waals surface area contributed by atoms with E-state index in [1.165, 1.54) is 22.3 Å². The number of hydrogen-bond donors (Lipinski definition) is 1. The third-order valence-electron chi connectivity index (χ3n) is 4.61. The maximum absolute atomic E-state index is 13.1. The molecule has 2 aromatic heterocycles. The molecule has 8 nitrogen and oxygen atoms in total. The van der Waals surface area contributed by atoms with E-state index in [1.54, 1.807) is 44.2 Å². The molecular formula is C20H23ClN4O4S. The van der Waals surface area contributed by atoms with Gasteiger partial charge in [-0.3, -0.25) is 9.48 Å². The number of benzene rings is 1. The molecule has 1 aromatic carbocycles. The van der Waals surface area contributed by atoms with Crippen LogP contribution in [-0.2, 0) is 34.5 Å². The van der Waals surface area contributed by atoms with Crippen molar-refractivity contribution in [2.24, 2.45) is 0 Å². The van der Waals surface area contributed by atoms with E-state index in [-0.39, 0.29) is 23.9 Å². The van der Waals surface area contributed by atoms with Crippen molar-refractivity contribution < 1.29 is 17.6 Å². The van der Waals surface area contributed by atoms with E-state index in [2.05, 4.69) is 10.4 Å². The zero-order chi connectivity index (χ0) is 21.9. The first-order valence-corrected chi connectivity index (χ1v) is 11.0. The number of sulfonamides is 1. The van der Waals surface area contributed by atoms with Crippen molar-refractivity contribution in [3.63, 3.8) is 0 Å². The average Bonchev–Trinajstić information content (AvgIpc) is 3.28. The topological polar surface area (TPSA) is 97.4 Å². The Morgan fingerprint density at radius 2 is 2.03 bits per heavy atom. The molecule has 0 unspecified atom stereocenters. The minimum absolute atomic E-state index is 0.0926. The fourth-order valence-corrected chi connectivity index (χ4v) is 4.82. The number of carbonyl (C=O) groups is 1. The highest BCUT2D eigenvalue weighted by Crippen LogP contribution is 2.24. The van der Waals surface area contributed by atoms with Gasteiger partial charge in [-0.25, -0.2) is 8.42 Å². The fraction of sp³-hybridized carbons (Fsp3) is 0.300. The Labute approximate surface area is 180 Å². The fourth-order valence-electron chi connectivity index (χ4n) is 3.11. The second kappa shape index (κ2) is 9.03. The van der Waals surface area contributed by atoms with E-state index in [4.69, 9.17) is 16.0 Å². The Hall–Kier alpha value is -2.62. The van der Waals surface area contributed by atoms with Crippen molar-refractivity contribution in [1.29, 1.82) is 0 Å². The lowest BCUT2D eigenvalue weighted by atomic mass is 10.2. The largest absolute Gasteiger partial charge is 0.468 e. The van der Waals surface area contributed by atoms with Crippen LogP contribution >= 0.6 is 11.6 Å². The Morgan fingerprint density at radius 3 is 2.70 bits per heavy atom.